The highest BCUT2D eigenvalue weighted by molar-refractivity contribution is 7.18. The maximum atomic E-state index is 11.0. The number of rotatable bonds is 5. The third kappa shape index (κ3) is 3.75. The maximum Gasteiger partial charge on any atom is 0.307 e. The summed E-state index contributed by atoms with van der Waals surface area (Å²) in [6.07, 6.45) is -0.559. The number of carboxylic acids is 1. The molecule has 1 aromatic carbocycles. The van der Waals surface area contributed by atoms with Crippen molar-refractivity contribution in [3.05, 3.63) is 29.3 Å². The number of aromatic nitrogens is 1. The smallest absolute Gasteiger partial charge is 0.307 e. The van der Waals surface area contributed by atoms with Crippen LogP contribution in [0.25, 0.3) is 10.2 Å². The fraction of sp³-hybridized carbons (Fsp3) is 0.308. The van der Waals surface area contributed by atoms with Crippen molar-refractivity contribution >= 4 is 33.5 Å². The zero-order valence-electron chi connectivity index (χ0n) is 10.3. The van der Waals surface area contributed by atoms with Gasteiger partial charge in [0.05, 0.1) is 21.6 Å². The van der Waals surface area contributed by atoms with Gasteiger partial charge in [0.15, 0.2) is 0 Å². The number of thiazole rings is 1. The molecule has 1 atom stereocenters. The minimum absolute atomic E-state index is 0.213. The Morgan fingerprint density at radius 1 is 1.42 bits per heavy atom. The topological polar surface area (TPSA) is 76.5 Å². The highest BCUT2D eigenvalue weighted by Crippen LogP contribution is 2.23. The lowest BCUT2D eigenvalue weighted by Gasteiger charge is -2.13. The van der Waals surface area contributed by atoms with Crippen LogP contribution < -0.4 is 0 Å². The van der Waals surface area contributed by atoms with Crippen molar-refractivity contribution in [3.63, 3.8) is 0 Å². The highest BCUT2D eigenvalue weighted by Gasteiger charge is 2.19. The van der Waals surface area contributed by atoms with Gasteiger partial charge in [0.1, 0.15) is 6.10 Å². The summed E-state index contributed by atoms with van der Waals surface area (Å²) < 4.78 is 6.04. The summed E-state index contributed by atoms with van der Waals surface area (Å²) in [5.74, 6) is -1.47. The number of ether oxygens (including phenoxy) is 1. The van der Waals surface area contributed by atoms with Gasteiger partial charge in [-0.1, -0.05) is 12.1 Å². The average Bonchev–Trinajstić information content (AvgIpc) is 2.68. The normalized spacial score (nSPS) is 12.3. The molecule has 0 aliphatic carbocycles. The van der Waals surface area contributed by atoms with Crippen molar-refractivity contribution < 1.29 is 19.4 Å². The second-order valence-electron chi connectivity index (χ2n) is 4.11. The van der Waals surface area contributed by atoms with Crippen molar-refractivity contribution in [2.24, 2.45) is 0 Å². The Kier molecular flexibility index (Phi) is 4.11. The number of carboxylic acid groups (broad SMARTS) is 1. The monoisotopic (exact) mass is 279 g/mol. The number of benzene rings is 1. The molecule has 1 N–H and O–H groups in total. The van der Waals surface area contributed by atoms with E-state index in [9.17, 15) is 9.59 Å². The van der Waals surface area contributed by atoms with Gasteiger partial charge in [-0.3, -0.25) is 9.59 Å². The lowest BCUT2D eigenvalue weighted by Crippen LogP contribution is -2.22. The van der Waals surface area contributed by atoms with Crippen LogP contribution in [-0.4, -0.2) is 28.1 Å². The van der Waals surface area contributed by atoms with Gasteiger partial charge in [-0.2, -0.15) is 0 Å². The molecule has 2 aromatic rings. The molecule has 1 aromatic heterocycles. The van der Waals surface area contributed by atoms with E-state index in [0.29, 0.717) is 6.42 Å². The number of para-hydroxylation sites is 1. The second-order valence-corrected chi connectivity index (χ2v) is 5.22. The molecular weight excluding hydrogens is 266 g/mol. The third-order valence-electron chi connectivity index (χ3n) is 2.48. The van der Waals surface area contributed by atoms with E-state index in [1.165, 1.54) is 18.3 Å². The van der Waals surface area contributed by atoms with Gasteiger partial charge in [-0.15, -0.1) is 11.3 Å². The van der Waals surface area contributed by atoms with Gasteiger partial charge in [0.25, 0.3) is 0 Å². The molecule has 0 aliphatic heterocycles. The summed E-state index contributed by atoms with van der Waals surface area (Å²) in [4.78, 5) is 26.1. The first-order valence-corrected chi connectivity index (χ1v) is 6.59. The number of hydrogen-bond donors (Lipinski definition) is 1. The van der Waals surface area contributed by atoms with Gasteiger partial charge < -0.3 is 9.84 Å². The van der Waals surface area contributed by atoms with Crippen molar-refractivity contribution in [1.82, 2.24) is 4.98 Å². The Balaban J connectivity index is 2.15. The predicted octanol–water partition coefficient (Wildman–Crippen LogP) is 2.25. The van der Waals surface area contributed by atoms with Crippen LogP contribution in [0.4, 0.5) is 0 Å². The van der Waals surface area contributed by atoms with E-state index in [0.717, 1.165) is 15.2 Å². The lowest BCUT2D eigenvalue weighted by atomic mass is 10.2. The molecule has 0 saturated heterocycles. The molecule has 1 heterocycles. The number of nitrogens with zero attached hydrogens (tertiary/aromatic N) is 1. The Bertz CT molecular complexity index is 558. The van der Waals surface area contributed by atoms with Crippen LogP contribution in [0.2, 0.25) is 0 Å². The largest absolute Gasteiger partial charge is 0.481 e. The maximum absolute atomic E-state index is 11.0. The predicted molar refractivity (Wildman–Crippen MR) is 71.1 cm³/mol. The van der Waals surface area contributed by atoms with Crippen molar-refractivity contribution in [3.8, 4) is 0 Å². The first-order valence-electron chi connectivity index (χ1n) is 5.78. The average molecular weight is 279 g/mol. The summed E-state index contributed by atoms with van der Waals surface area (Å²) in [6, 6.07) is 7.67. The van der Waals surface area contributed by atoms with Gasteiger partial charge in [-0.05, 0) is 12.1 Å². The third-order valence-corrected chi connectivity index (χ3v) is 3.53. The van der Waals surface area contributed by atoms with Crippen LogP contribution in [0.15, 0.2) is 24.3 Å². The molecule has 0 fully saturated rings. The first-order chi connectivity index (χ1) is 9.04. The van der Waals surface area contributed by atoms with Crippen LogP contribution in [0.1, 0.15) is 18.4 Å². The van der Waals surface area contributed by atoms with Crippen LogP contribution in [0, 0.1) is 0 Å². The molecule has 0 spiro atoms. The van der Waals surface area contributed by atoms with E-state index in [1.54, 1.807) is 0 Å². The first kappa shape index (κ1) is 13.5. The zero-order chi connectivity index (χ0) is 13.8. The van der Waals surface area contributed by atoms with Crippen molar-refractivity contribution in [2.75, 3.05) is 0 Å². The van der Waals surface area contributed by atoms with Gasteiger partial charge in [-0.25, -0.2) is 4.98 Å². The Morgan fingerprint density at radius 3 is 2.79 bits per heavy atom. The van der Waals surface area contributed by atoms with Gasteiger partial charge in [0.2, 0.25) is 0 Å². The number of esters is 1. The van der Waals surface area contributed by atoms with Crippen molar-refractivity contribution in [2.45, 2.75) is 25.9 Å². The number of fused-ring (bicyclic) bond motifs is 1. The molecule has 0 aliphatic rings. The van der Waals surface area contributed by atoms with E-state index in [-0.39, 0.29) is 6.42 Å². The summed E-state index contributed by atoms with van der Waals surface area (Å²) in [7, 11) is 0. The van der Waals surface area contributed by atoms with Crippen LogP contribution in [0.5, 0.6) is 0 Å². The SMILES string of the molecule is CC(=O)OC(CC(=O)O)Cc1nc2ccccc2s1. The number of hydrogen-bond acceptors (Lipinski definition) is 5. The zero-order valence-corrected chi connectivity index (χ0v) is 11.1. The fourth-order valence-corrected chi connectivity index (χ4v) is 2.82. The molecule has 6 heteroatoms. The molecule has 0 bridgehead atoms. The highest BCUT2D eigenvalue weighted by atomic mass is 32.1. The minimum atomic E-state index is -0.993. The second kappa shape index (κ2) is 5.79. The molecule has 0 amide bonds. The molecule has 1 unspecified atom stereocenters. The van der Waals surface area contributed by atoms with E-state index < -0.39 is 18.0 Å². The molecule has 0 radical (unpaired) electrons. The molecule has 100 valence electrons. The fourth-order valence-electron chi connectivity index (χ4n) is 1.79. The van der Waals surface area contributed by atoms with E-state index in [1.807, 2.05) is 24.3 Å². The van der Waals surface area contributed by atoms with Crippen LogP contribution >= 0.6 is 11.3 Å². The van der Waals surface area contributed by atoms with E-state index in [4.69, 9.17) is 9.84 Å². The molecule has 19 heavy (non-hydrogen) atoms. The Morgan fingerprint density at radius 2 is 2.16 bits per heavy atom. The number of carbonyl (C=O) groups is 2. The molecule has 5 nitrogen and oxygen atoms in total. The quantitative estimate of drug-likeness (QED) is 0.849. The number of carbonyl (C=O) groups excluding carboxylic acids is 1. The standard InChI is InChI=1S/C13H13NO4S/c1-8(15)18-9(7-13(16)17)6-12-14-10-4-2-3-5-11(10)19-12/h2-5,9H,6-7H2,1H3,(H,16,17). The van der Waals surface area contributed by atoms with Crippen LogP contribution in [-0.2, 0) is 20.7 Å². The number of aliphatic carboxylic acids is 1. The summed E-state index contributed by atoms with van der Waals surface area (Å²) in [6.45, 7) is 1.27. The van der Waals surface area contributed by atoms with Gasteiger partial charge >= 0.3 is 11.9 Å². The van der Waals surface area contributed by atoms with Gasteiger partial charge in [0, 0.05) is 13.3 Å². The molecule has 2 rings (SSSR count). The van der Waals surface area contributed by atoms with E-state index in [2.05, 4.69) is 4.98 Å². The summed E-state index contributed by atoms with van der Waals surface area (Å²) in [5.41, 5.74) is 0.874. The summed E-state index contributed by atoms with van der Waals surface area (Å²) >= 11 is 1.48. The molecule has 0 saturated carbocycles. The Labute approximate surface area is 113 Å². The Hall–Kier alpha value is -1.95. The minimum Gasteiger partial charge on any atom is -0.481 e. The lowest BCUT2D eigenvalue weighted by molar-refractivity contribution is -0.150. The van der Waals surface area contributed by atoms with Crippen molar-refractivity contribution in [1.29, 1.82) is 0 Å². The summed E-state index contributed by atoms with van der Waals surface area (Å²) in [5, 5.41) is 9.58. The van der Waals surface area contributed by atoms with Crippen LogP contribution in [0.3, 0.4) is 0 Å². The molecular formula is C13H13NO4S. The van der Waals surface area contributed by atoms with E-state index >= 15 is 0 Å².